The predicted octanol–water partition coefficient (Wildman–Crippen LogP) is -2.62. The van der Waals surface area contributed by atoms with Gasteiger partial charge in [0, 0.05) is 5.41 Å². The summed E-state index contributed by atoms with van der Waals surface area (Å²) in [5.74, 6) is 0. The first-order valence-corrected chi connectivity index (χ1v) is 8.49. The molecule has 0 aromatic rings. The minimum atomic E-state index is -1.31. The molecule has 2 fully saturated rings. The zero-order valence-corrected chi connectivity index (χ0v) is 14.7. The topological polar surface area (TPSA) is 149 Å². The lowest BCUT2D eigenvalue weighted by atomic mass is 9.79. The predicted molar refractivity (Wildman–Crippen MR) is 84.7 cm³/mol. The van der Waals surface area contributed by atoms with Gasteiger partial charge in [-0.05, 0) is 6.92 Å². The Bertz CT molecular complexity index is 432. The maximum Gasteiger partial charge on any atom is 0.111 e. The molecule has 0 aromatic heterocycles. The van der Waals surface area contributed by atoms with Gasteiger partial charge in [-0.3, -0.25) is 0 Å². The van der Waals surface area contributed by atoms with Gasteiger partial charge in [0.15, 0.2) is 0 Å². The van der Waals surface area contributed by atoms with E-state index in [0.717, 1.165) is 0 Å². The highest BCUT2D eigenvalue weighted by Crippen LogP contribution is 2.34. The van der Waals surface area contributed by atoms with Crippen LogP contribution in [0, 0.1) is 5.41 Å². The van der Waals surface area contributed by atoms with Crippen molar-refractivity contribution >= 4 is 0 Å². The first-order chi connectivity index (χ1) is 11.6. The van der Waals surface area contributed by atoms with Crippen molar-refractivity contribution in [2.45, 2.75) is 75.7 Å². The number of hydrogen-bond donors (Lipinski definition) is 6. The van der Waals surface area contributed by atoms with Gasteiger partial charge in [0.05, 0.1) is 32.0 Å². The Labute approximate surface area is 146 Å². The molecule has 9 atom stereocenters. The highest BCUT2D eigenvalue weighted by Gasteiger charge is 2.48. The molecule has 6 N–H and O–H groups in total. The lowest BCUT2D eigenvalue weighted by molar-refractivity contribution is -0.250. The fraction of sp³-hybridized carbons (Fsp3) is 1.00. The van der Waals surface area contributed by atoms with Crippen LogP contribution in [0.1, 0.15) is 20.8 Å². The zero-order chi connectivity index (χ0) is 18.9. The van der Waals surface area contributed by atoms with Crippen molar-refractivity contribution in [3.63, 3.8) is 0 Å². The average Bonchev–Trinajstić information content (AvgIpc) is 2.56. The highest BCUT2D eigenvalue weighted by molar-refractivity contribution is 4.97. The molecule has 0 aliphatic carbocycles. The molecule has 2 aliphatic heterocycles. The van der Waals surface area contributed by atoms with Crippen LogP contribution in [0.3, 0.4) is 0 Å². The van der Waals surface area contributed by atoms with Crippen molar-refractivity contribution in [2.75, 3.05) is 19.8 Å². The van der Waals surface area contributed by atoms with Gasteiger partial charge in [-0.15, -0.1) is 0 Å². The van der Waals surface area contributed by atoms with Crippen LogP contribution in [0.5, 0.6) is 0 Å². The Morgan fingerprint density at radius 3 is 2.20 bits per heavy atom. The van der Waals surface area contributed by atoms with E-state index in [1.807, 2.05) is 0 Å². The normalized spacial score (nSPS) is 46.2. The molecule has 2 saturated heterocycles. The van der Waals surface area contributed by atoms with Gasteiger partial charge in [0.1, 0.15) is 42.7 Å². The summed E-state index contributed by atoms with van der Waals surface area (Å²) in [5.41, 5.74) is -0.702. The molecule has 0 spiro atoms. The van der Waals surface area contributed by atoms with Crippen molar-refractivity contribution in [3.05, 3.63) is 0 Å². The standard InChI is InChI=1S/C16H30O9/c1-7-10(18)13(21)14(22)15(25-7)16(2,3)6-23-5-9-12(20)11(19)8(17)4-24-9/h7-15,17-22H,4-6H2,1-3H3/t7?,8-,9?,10-,11?,12+,13?,14+,15-/m1/s1. The second kappa shape index (κ2) is 8.12. The Balaban J connectivity index is 1.89. The third-order valence-corrected chi connectivity index (χ3v) is 4.98. The summed E-state index contributed by atoms with van der Waals surface area (Å²) in [4.78, 5) is 0. The van der Waals surface area contributed by atoms with E-state index in [9.17, 15) is 30.6 Å². The van der Waals surface area contributed by atoms with Crippen LogP contribution in [-0.4, -0.2) is 105 Å². The summed E-state index contributed by atoms with van der Waals surface area (Å²) >= 11 is 0. The number of aliphatic hydroxyl groups is 6. The molecule has 9 heteroatoms. The van der Waals surface area contributed by atoms with Gasteiger partial charge in [-0.2, -0.15) is 0 Å². The maximum absolute atomic E-state index is 10.2. The number of aliphatic hydroxyl groups excluding tert-OH is 6. The van der Waals surface area contributed by atoms with Crippen molar-refractivity contribution in [3.8, 4) is 0 Å². The van der Waals surface area contributed by atoms with Gasteiger partial charge in [0.25, 0.3) is 0 Å². The summed E-state index contributed by atoms with van der Waals surface area (Å²) in [5, 5.41) is 58.9. The fourth-order valence-electron chi connectivity index (χ4n) is 3.23. The van der Waals surface area contributed by atoms with Gasteiger partial charge in [-0.25, -0.2) is 0 Å². The van der Waals surface area contributed by atoms with Crippen molar-refractivity contribution < 1.29 is 44.8 Å². The Morgan fingerprint density at radius 1 is 0.920 bits per heavy atom. The van der Waals surface area contributed by atoms with E-state index in [4.69, 9.17) is 14.2 Å². The molecule has 2 aliphatic rings. The van der Waals surface area contributed by atoms with Gasteiger partial charge >= 0.3 is 0 Å². The Hall–Kier alpha value is -0.360. The second-order valence-corrected chi connectivity index (χ2v) is 7.66. The minimum Gasteiger partial charge on any atom is -0.388 e. The van der Waals surface area contributed by atoms with Crippen LogP contribution in [0.15, 0.2) is 0 Å². The third kappa shape index (κ3) is 4.49. The van der Waals surface area contributed by atoms with Crippen molar-refractivity contribution in [2.24, 2.45) is 5.41 Å². The Morgan fingerprint density at radius 2 is 1.56 bits per heavy atom. The fourth-order valence-corrected chi connectivity index (χ4v) is 3.23. The molecular formula is C16H30O9. The summed E-state index contributed by atoms with van der Waals surface area (Å²) < 4.78 is 16.5. The largest absolute Gasteiger partial charge is 0.388 e. The third-order valence-electron chi connectivity index (χ3n) is 4.98. The zero-order valence-electron chi connectivity index (χ0n) is 14.7. The van der Waals surface area contributed by atoms with Crippen molar-refractivity contribution in [1.82, 2.24) is 0 Å². The summed E-state index contributed by atoms with van der Waals surface area (Å²) in [7, 11) is 0. The smallest absolute Gasteiger partial charge is 0.111 e. The number of hydrogen-bond acceptors (Lipinski definition) is 9. The first kappa shape index (κ1) is 20.9. The molecule has 0 amide bonds. The molecule has 0 saturated carbocycles. The molecule has 0 aromatic carbocycles. The van der Waals surface area contributed by atoms with Crippen LogP contribution < -0.4 is 0 Å². The molecule has 0 radical (unpaired) electrons. The first-order valence-electron chi connectivity index (χ1n) is 8.49. The highest BCUT2D eigenvalue weighted by atomic mass is 16.6. The van der Waals surface area contributed by atoms with E-state index in [1.165, 1.54) is 0 Å². The van der Waals surface area contributed by atoms with Crippen molar-refractivity contribution in [1.29, 1.82) is 0 Å². The van der Waals surface area contributed by atoms with Gasteiger partial charge in [0.2, 0.25) is 0 Å². The molecule has 25 heavy (non-hydrogen) atoms. The molecule has 2 heterocycles. The number of ether oxygens (including phenoxy) is 3. The lowest BCUT2D eigenvalue weighted by Gasteiger charge is -2.46. The summed E-state index contributed by atoms with van der Waals surface area (Å²) in [6.45, 7) is 5.20. The molecular weight excluding hydrogens is 336 g/mol. The van der Waals surface area contributed by atoms with Crippen LogP contribution in [-0.2, 0) is 14.2 Å². The molecule has 4 unspecified atom stereocenters. The van der Waals surface area contributed by atoms with E-state index in [1.54, 1.807) is 20.8 Å². The Kier molecular flexibility index (Phi) is 6.80. The quantitative estimate of drug-likeness (QED) is 0.307. The number of rotatable bonds is 5. The summed E-state index contributed by atoms with van der Waals surface area (Å²) in [6, 6.07) is 0. The molecule has 148 valence electrons. The van der Waals surface area contributed by atoms with Gasteiger partial charge in [-0.1, -0.05) is 13.8 Å². The average molecular weight is 366 g/mol. The van der Waals surface area contributed by atoms with Crippen LogP contribution in [0.2, 0.25) is 0 Å². The van der Waals surface area contributed by atoms with E-state index >= 15 is 0 Å². The minimum absolute atomic E-state index is 0.0159. The van der Waals surface area contributed by atoms with E-state index in [2.05, 4.69) is 0 Å². The molecule has 0 bridgehead atoms. The second-order valence-electron chi connectivity index (χ2n) is 7.66. The molecule has 2 rings (SSSR count). The SMILES string of the molecule is CC1O[C@@H](C(C)(C)COCC2OC[C@@H](O)C(O)[C@H]2O)[C@@H](O)C(O)[C@@H]1O. The van der Waals surface area contributed by atoms with Crippen LogP contribution in [0.4, 0.5) is 0 Å². The van der Waals surface area contributed by atoms with E-state index < -0.39 is 60.4 Å². The monoisotopic (exact) mass is 366 g/mol. The maximum atomic E-state index is 10.2. The van der Waals surface area contributed by atoms with E-state index in [-0.39, 0.29) is 19.8 Å². The van der Waals surface area contributed by atoms with Crippen LogP contribution >= 0.6 is 0 Å². The van der Waals surface area contributed by atoms with Crippen LogP contribution in [0.25, 0.3) is 0 Å². The van der Waals surface area contributed by atoms with Gasteiger partial charge < -0.3 is 44.8 Å². The lowest BCUT2D eigenvalue weighted by Crippen LogP contribution is -2.61. The van der Waals surface area contributed by atoms with E-state index in [0.29, 0.717) is 0 Å². The summed E-state index contributed by atoms with van der Waals surface area (Å²) in [6.07, 6.45) is -9.61. The molecule has 9 nitrogen and oxygen atoms in total.